The molecule has 0 spiro atoms. The van der Waals surface area contributed by atoms with Crippen molar-refractivity contribution in [3.05, 3.63) is 69.3 Å². The third kappa shape index (κ3) is 4.48. The molecule has 0 saturated carbocycles. The molecule has 0 aromatic carbocycles. The Hall–Kier alpha value is -2.71. The zero-order valence-electron chi connectivity index (χ0n) is 23.3. The minimum Gasteiger partial charge on any atom is -0.355 e. The number of rotatable bonds is 4. The van der Waals surface area contributed by atoms with Crippen LogP contribution in [0, 0.1) is 13.8 Å². The van der Waals surface area contributed by atoms with E-state index in [4.69, 9.17) is 9.97 Å². The van der Waals surface area contributed by atoms with E-state index in [1.165, 1.54) is 55.6 Å². The van der Waals surface area contributed by atoms with Gasteiger partial charge in [-0.1, -0.05) is 27.7 Å². The van der Waals surface area contributed by atoms with E-state index in [0.717, 1.165) is 59.5 Å². The second-order valence-electron chi connectivity index (χ2n) is 10.1. The Bertz CT molecular complexity index is 1610. The minimum atomic E-state index is 0. The zero-order valence-corrected chi connectivity index (χ0v) is 25.6. The minimum absolute atomic E-state index is 0. The monoisotopic (exact) mass is 673 g/mol. The van der Waals surface area contributed by atoms with Crippen molar-refractivity contribution in [1.29, 1.82) is 0 Å². The summed E-state index contributed by atoms with van der Waals surface area (Å²) in [5, 5.41) is 0. The Morgan fingerprint density at radius 3 is 1.35 bits per heavy atom. The molecule has 0 unspecified atom stereocenters. The molecule has 0 radical (unpaired) electrons. The quantitative estimate of drug-likeness (QED) is 0.291. The van der Waals surface area contributed by atoms with E-state index in [2.05, 4.69) is 89.6 Å². The summed E-state index contributed by atoms with van der Waals surface area (Å²) in [6.45, 7) is 17.8. The number of nitrogens with zero attached hydrogens (tertiary/aromatic N) is 2. The summed E-state index contributed by atoms with van der Waals surface area (Å²) in [6, 6.07) is 8.98. The van der Waals surface area contributed by atoms with Crippen LogP contribution in [0.1, 0.15) is 99.4 Å². The zero-order chi connectivity index (χ0) is 25.7. The SMILES string of the molecule is CCC1=C(C)c2cc3[nH]c(cc4[nH]c(cc5nc(cc1n2)C(C)=C5CC)c(C)c4CC)c(CC)c3C.[Pt]. The topological polar surface area (TPSA) is 57.4 Å². The second kappa shape index (κ2) is 10.6. The molecule has 0 fully saturated rings. The van der Waals surface area contributed by atoms with Crippen molar-refractivity contribution in [2.75, 3.05) is 0 Å². The molecule has 5 rings (SSSR count). The molecule has 0 amide bonds. The predicted molar refractivity (Wildman–Crippen MR) is 155 cm³/mol. The van der Waals surface area contributed by atoms with Gasteiger partial charge in [-0.25, -0.2) is 9.97 Å². The summed E-state index contributed by atoms with van der Waals surface area (Å²) in [5.74, 6) is 0. The molecule has 3 aromatic rings. The van der Waals surface area contributed by atoms with Gasteiger partial charge in [0.2, 0.25) is 0 Å². The fraction of sp³-hybridized carbons (Fsp3) is 0.375. The molecule has 0 atom stereocenters. The van der Waals surface area contributed by atoms with Crippen LogP contribution in [0.5, 0.6) is 0 Å². The number of H-pyrrole nitrogens is 2. The van der Waals surface area contributed by atoms with Gasteiger partial charge in [-0.15, -0.1) is 0 Å². The average Bonchev–Trinajstić information content (AvgIpc) is 3.51. The van der Waals surface area contributed by atoms with Crippen molar-refractivity contribution < 1.29 is 21.1 Å². The first-order valence-corrected chi connectivity index (χ1v) is 13.4. The van der Waals surface area contributed by atoms with E-state index in [1.54, 1.807) is 0 Å². The predicted octanol–water partition coefficient (Wildman–Crippen LogP) is 8.74. The average molecular weight is 674 g/mol. The molecular weight excluding hydrogens is 635 g/mol. The van der Waals surface area contributed by atoms with Crippen molar-refractivity contribution in [2.45, 2.75) is 81.1 Å². The van der Waals surface area contributed by atoms with Crippen LogP contribution in [0.25, 0.3) is 44.4 Å². The van der Waals surface area contributed by atoms with E-state index in [9.17, 15) is 0 Å². The van der Waals surface area contributed by atoms with Crippen molar-refractivity contribution in [1.82, 2.24) is 19.9 Å². The van der Waals surface area contributed by atoms with Gasteiger partial charge in [0.25, 0.3) is 0 Å². The number of aromatic amines is 2. The molecule has 0 aliphatic carbocycles. The summed E-state index contributed by atoms with van der Waals surface area (Å²) in [4.78, 5) is 17.7. The summed E-state index contributed by atoms with van der Waals surface area (Å²) >= 11 is 0. The molecule has 5 heterocycles. The molecule has 4 nitrogen and oxygen atoms in total. The Kier molecular flexibility index (Phi) is 7.81. The Morgan fingerprint density at radius 2 is 0.919 bits per heavy atom. The first-order valence-electron chi connectivity index (χ1n) is 13.4. The Morgan fingerprint density at radius 1 is 0.514 bits per heavy atom. The molecule has 2 N–H and O–H groups in total. The van der Waals surface area contributed by atoms with E-state index in [0.29, 0.717) is 0 Å². The number of fused-ring (bicyclic) bond motifs is 8. The van der Waals surface area contributed by atoms with Crippen molar-refractivity contribution in [3.8, 4) is 0 Å². The Labute approximate surface area is 235 Å². The van der Waals surface area contributed by atoms with Gasteiger partial charge < -0.3 is 9.97 Å². The molecule has 2 aliphatic heterocycles. The molecule has 37 heavy (non-hydrogen) atoms. The summed E-state index contributed by atoms with van der Waals surface area (Å²) in [7, 11) is 0. The molecule has 5 heteroatoms. The standard InChI is InChI=1S/C32H38N4.Pt/c1-9-21-17(5)25-13-26-18(6)23(11-3)31(34-26)16-32-24(12-4)20(8)28(36-32)15-30-22(10-2)19(7)27(35-30)14-29(21)33-25;/h13-16,34,36H,9-12H2,1-8H3;. The fourth-order valence-electron chi connectivity index (χ4n) is 6.02. The van der Waals surface area contributed by atoms with Gasteiger partial charge in [0.05, 0.1) is 22.8 Å². The maximum absolute atomic E-state index is 5.13. The van der Waals surface area contributed by atoms with Gasteiger partial charge in [-0.2, -0.15) is 0 Å². The van der Waals surface area contributed by atoms with E-state index >= 15 is 0 Å². The van der Waals surface area contributed by atoms with Gasteiger partial charge in [0.15, 0.2) is 0 Å². The van der Waals surface area contributed by atoms with Gasteiger partial charge >= 0.3 is 0 Å². The Balaban J connectivity index is 0.00000320. The fourth-order valence-corrected chi connectivity index (χ4v) is 6.02. The molecular formula is C32H38N4Pt. The molecule has 3 aromatic heterocycles. The van der Waals surface area contributed by atoms with E-state index < -0.39 is 0 Å². The first kappa shape index (κ1) is 27.3. The summed E-state index contributed by atoms with van der Waals surface area (Å²) < 4.78 is 0. The number of hydrogen-bond acceptors (Lipinski definition) is 2. The van der Waals surface area contributed by atoms with Crippen LogP contribution in [0.4, 0.5) is 0 Å². The number of aryl methyl sites for hydroxylation is 4. The maximum atomic E-state index is 5.13. The van der Waals surface area contributed by atoms with E-state index in [1.807, 2.05) is 0 Å². The van der Waals surface area contributed by atoms with Crippen molar-refractivity contribution >= 4 is 44.4 Å². The van der Waals surface area contributed by atoms with Crippen LogP contribution in [-0.4, -0.2) is 19.9 Å². The largest absolute Gasteiger partial charge is 0.355 e. The number of aromatic nitrogens is 4. The van der Waals surface area contributed by atoms with Crippen LogP contribution in [0.2, 0.25) is 0 Å². The summed E-state index contributed by atoms with van der Waals surface area (Å²) in [5.41, 5.74) is 19.3. The maximum Gasteiger partial charge on any atom is 0.0693 e. The third-order valence-electron chi connectivity index (χ3n) is 8.21. The molecule has 0 saturated heterocycles. The van der Waals surface area contributed by atoms with Gasteiger partial charge in [0, 0.05) is 43.1 Å². The van der Waals surface area contributed by atoms with Crippen LogP contribution in [-0.2, 0) is 33.9 Å². The first-order chi connectivity index (χ1) is 17.3. The third-order valence-corrected chi connectivity index (χ3v) is 8.21. The summed E-state index contributed by atoms with van der Waals surface area (Å²) in [6.07, 6.45) is 3.86. The molecule has 8 bridgehead atoms. The normalized spacial score (nSPS) is 13.4. The number of hydrogen-bond donors (Lipinski definition) is 2. The van der Waals surface area contributed by atoms with Crippen molar-refractivity contribution in [3.63, 3.8) is 0 Å². The number of nitrogens with one attached hydrogen (secondary N) is 2. The number of allylic oxidation sites excluding steroid dienone is 4. The smallest absolute Gasteiger partial charge is 0.0693 e. The van der Waals surface area contributed by atoms with Gasteiger partial charge in [0.1, 0.15) is 0 Å². The van der Waals surface area contributed by atoms with Crippen molar-refractivity contribution in [2.24, 2.45) is 0 Å². The molecule has 2 aliphatic rings. The second-order valence-corrected chi connectivity index (χ2v) is 10.1. The molecule has 196 valence electrons. The van der Waals surface area contributed by atoms with Crippen LogP contribution >= 0.6 is 0 Å². The van der Waals surface area contributed by atoms with Crippen LogP contribution < -0.4 is 0 Å². The van der Waals surface area contributed by atoms with Crippen LogP contribution in [0.15, 0.2) is 24.3 Å². The van der Waals surface area contributed by atoms with Gasteiger partial charge in [-0.3, -0.25) is 0 Å². The van der Waals surface area contributed by atoms with E-state index in [-0.39, 0.29) is 21.1 Å². The van der Waals surface area contributed by atoms with Gasteiger partial charge in [-0.05, 0) is 122 Å². The van der Waals surface area contributed by atoms with Crippen LogP contribution in [0.3, 0.4) is 0 Å².